The van der Waals surface area contributed by atoms with Crippen LogP contribution in [0.4, 0.5) is 0 Å². The van der Waals surface area contributed by atoms with E-state index in [1.54, 1.807) is 0 Å². The number of hydrogen-bond donors (Lipinski definition) is 2. The molecule has 0 aliphatic carbocycles. The van der Waals surface area contributed by atoms with Crippen molar-refractivity contribution in [2.75, 3.05) is 6.54 Å². The highest BCUT2D eigenvalue weighted by molar-refractivity contribution is 5.83. The minimum atomic E-state index is -0.263. The zero-order chi connectivity index (χ0) is 12.0. The van der Waals surface area contributed by atoms with Crippen molar-refractivity contribution < 1.29 is 4.79 Å². The van der Waals surface area contributed by atoms with E-state index < -0.39 is 0 Å². The molecule has 0 spiro atoms. The third-order valence-corrected chi connectivity index (χ3v) is 2.25. The van der Waals surface area contributed by atoms with Gasteiger partial charge in [-0.2, -0.15) is 0 Å². The summed E-state index contributed by atoms with van der Waals surface area (Å²) in [5.41, 5.74) is 1.00. The Balaban J connectivity index is 2.83. The number of benzene rings is 1. The molecule has 3 heteroatoms. The molecule has 2 N–H and O–H groups in total. The van der Waals surface area contributed by atoms with E-state index in [-0.39, 0.29) is 18.0 Å². The first-order valence-corrected chi connectivity index (χ1v) is 5.73. The molecule has 3 nitrogen and oxygen atoms in total. The second-order valence-electron chi connectivity index (χ2n) is 4.06. The number of hydrogen-bond acceptors (Lipinski definition) is 2. The fourth-order valence-electron chi connectivity index (χ4n) is 1.58. The number of carbonyl (C=O) groups excluding carboxylic acids is 1. The summed E-state index contributed by atoms with van der Waals surface area (Å²) < 4.78 is 0. The summed E-state index contributed by atoms with van der Waals surface area (Å²) >= 11 is 0. The van der Waals surface area contributed by atoms with E-state index in [2.05, 4.69) is 10.6 Å². The molecule has 0 aliphatic heterocycles. The Morgan fingerprint density at radius 2 is 1.88 bits per heavy atom. The minimum absolute atomic E-state index is 0.0300. The maximum absolute atomic E-state index is 11.9. The van der Waals surface area contributed by atoms with Gasteiger partial charge in [-0.3, -0.25) is 10.1 Å². The van der Waals surface area contributed by atoms with Crippen molar-refractivity contribution >= 4 is 5.91 Å². The summed E-state index contributed by atoms with van der Waals surface area (Å²) in [4.78, 5) is 11.9. The quantitative estimate of drug-likeness (QED) is 0.795. The lowest BCUT2D eigenvalue weighted by Gasteiger charge is -2.20. The maximum atomic E-state index is 11.9. The highest BCUT2D eigenvalue weighted by Gasteiger charge is 2.19. The average Bonchev–Trinajstić information content (AvgIpc) is 2.27. The zero-order valence-corrected chi connectivity index (χ0v) is 10.2. The molecular weight excluding hydrogens is 200 g/mol. The molecule has 1 amide bonds. The van der Waals surface area contributed by atoms with Gasteiger partial charge in [-0.1, -0.05) is 30.3 Å². The number of rotatable bonds is 5. The van der Waals surface area contributed by atoms with Crippen molar-refractivity contribution in [3.8, 4) is 0 Å². The molecule has 0 bridgehead atoms. The van der Waals surface area contributed by atoms with Gasteiger partial charge in [0.25, 0.3) is 0 Å². The van der Waals surface area contributed by atoms with Gasteiger partial charge >= 0.3 is 0 Å². The van der Waals surface area contributed by atoms with Crippen LogP contribution in [0.2, 0.25) is 0 Å². The third-order valence-electron chi connectivity index (χ3n) is 2.25. The number of amides is 1. The van der Waals surface area contributed by atoms with Gasteiger partial charge in [-0.25, -0.2) is 0 Å². The third kappa shape index (κ3) is 3.66. The number of likely N-dealkylation sites (N-methyl/N-ethyl adjacent to an activating group) is 1. The van der Waals surface area contributed by atoms with Crippen LogP contribution in [-0.4, -0.2) is 18.5 Å². The van der Waals surface area contributed by atoms with Gasteiger partial charge < -0.3 is 5.32 Å². The average molecular weight is 220 g/mol. The molecule has 0 aliphatic rings. The Kier molecular flexibility index (Phi) is 4.99. The minimum Gasteiger partial charge on any atom is -0.355 e. The van der Waals surface area contributed by atoms with E-state index >= 15 is 0 Å². The summed E-state index contributed by atoms with van der Waals surface area (Å²) in [5.74, 6) is 0.0300. The lowest BCUT2D eigenvalue weighted by atomic mass is 10.1. The molecule has 1 rings (SSSR count). The van der Waals surface area contributed by atoms with E-state index in [0.717, 1.165) is 5.56 Å². The van der Waals surface area contributed by atoms with Crippen molar-refractivity contribution in [2.24, 2.45) is 0 Å². The fraction of sp³-hybridized carbons (Fsp3) is 0.462. The first-order valence-electron chi connectivity index (χ1n) is 5.73. The molecule has 1 aromatic rings. The van der Waals surface area contributed by atoms with Gasteiger partial charge in [0, 0.05) is 12.6 Å². The van der Waals surface area contributed by atoms with Crippen LogP contribution >= 0.6 is 0 Å². The van der Waals surface area contributed by atoms with Crippen LogP contribution in [-0.2, 0) is 4.79 Å². The van der Waals surface area contributed by atoms with Crippen LogP contribution in [0, 0.1) is 0 Å². The van der Waals surface area contributed by atoms with E-state index in [1.165, 1.54) is 0 Å². The van der Waals surface area contributed by atoms with Crippen LogP contribution in [0.3, 0.4) is 0 Å². The van der Waals surface area contributed by atoms with Gasteiger partial charge in [-0.05, 0) is 26.3 Å². The summed E-state index contributed by atoms with van der Waals surface area (Å²) in [6, 6.07) is 9.79. The second-order valence-corrected chi connectivity index (χ2v) is 4.06. The van der Waals surface area contributed by atoms with Crippen LogP contribution < -0.4 is 10.6 Å². The predicted octanol–water partition coefficient (Wildman–Crippen LogP) is 1.86. The first-order chi connectivity index (χ1) is 7.65. The standard InChI is InChI=1S/C13H20N2O/c1-4-14-13(16)12(15-10(2)3)11-8-6-5-7-9-11/h5-10,12,15H,4H2,1-3H3,(H,14,16)/t12-/m1/s1. The smallest absolute Gasteiger partial charge is 0.241 e. The topological polar surface area (TPSA) is 41.1 Å². The van der Waals surface area contributed by atoms with E-state index in [9.17, 15) is 4.79 Å². The Hall–Kier alpha value is -1.35. The van der Waals surface area contributed by atoms with E-state index in [0.29, 0.717) is 6.54 Å². The zero-order valence-electron chi connectivity index (χ0n) is 10.2. The maximum Gasteiger partial charge on any atom is 0.241 e. The van der Waals surface area contributed by atoms with Crippen molar-refractivity contribution in [3.05, 3.63) is 35.9 Å². The monoisotopic (exact) mass is 220 g/mol. The molecule has 16 heavy (non-hydrogen) atoms. The largest absolute Gasteiger partial charge is 0.355 e. The van der Waals surface area contributed by atoms with Crippen LogP contribution in [0.15, 0.2) is 30.3 Å². The normalized spacial score (nSPS) is 12.5. The van der Waals surface area contributed by atoms with Gasteiger partial charge in [-0.15, -0.1) is 0 Å². The highest BCUT2D eigenvalue weighted by atomic mass is 16.2. The molecular formula is C13H20N2O. The van der Waals surface area contributed by atoms with Crippen molar-refractivity contribution in [2.45, 2.75) is 32.9 Å². The molecule has 0 saturated carbocycles. The fourth-order valence-corrected chi connectivity index (χ4v) is 1.58. The van der Waals surface area contributed by atoms with E-state index in [4.69, 9.17) is 0 Å². The Bertz CT molecular complexity index is 322. The SMILES string of the molecule is CCNC(=O)[C@H](NC(C)C)c1ccccc1. The van der Waals surface area contributed by atoms with Crippen LogP contribution in [0.5, 0.6) is 0 Å². The summed E-state index contributed by atoms with van der Waals surface area (Å²) in [5, 5.41) is 6.12. The van der Waals surface area contributed by atoms with E-state index in [1.807, 2.05) is 51.1 Å². The molecule has 0 unspecified atom stereocenters. The molecule has 0 aromatic heterocycles. The second kappa shape index (κ2) is 6.28. The Morgan fingerprint density at radius 3 is 2.38 bits per heavy atom. The van der Waals surface area contributed by atoms with Gasteiger partial charge in [0.05, 0.1) is 0 Å². The number of nitrogens with one attached hydrogen (secondary N) is 2. The Morgan fingerprint density at radius 1 is 1.25 bits per heavy atom. The molecule has 1 atom stereocenters. The van der Waals surface area contributed by atoms with Crippen molar-refractivity contribution in [1.29, 1.82) is 0 Å². The lowest BCUT2D eigenvalue weighted by molar-refractivity contribution is -0.123. The van der Waals surface area contributed by atoms with Crippen molar-refractivity contribution in [3.63, 3.8) is 0 Å². The molecule has 0 heterocycles. The molecule has 0 saturated heterocycles. The summed E-state index contributed by atoms with van der Waals surface area (Å²) in [6.45, 7) is 6.65. The Labute approximate surface area is 97.2 Å². The molecule has 1 aromatic carbocycles. The van der Waals surface area contributed by atoms with Crippen molar-refractivity contribution in [1.82, 2.24) is 10.6 Å². The van der Waals surface area contributed by atoms with Gasteiger partial charge in [0.15, 0.2) is 0 Å². The first kappa shape index (κ1) is 12.7. The summed E-state index contributed by atoms with van der Waals surface area (Å²) in [7, 11) is 0. The molecule has 0 fully saturated rings. The highest BCUT2D eigenvalue weighted by Crippen LogP contribution is 2.13. The summed E-state index contributed by atoms with van der Waals surface area (Å²) in [6.07, 6.45) is 0. The molecule has 88 valence electrons. The van der Waals surface area contributed by atoms with Gasteiger partial charge in [0.2, 0.25) is 5.91 Å². The lowest BCUT2D eigenvalue weighted by Crippen LogP contribution is -2.40. The van der Waals surface area contributed by atoms with Crippen LogP contribution in [0.1, 0.15) is 32.4 Å². The van der Waals surface area contributed by atoms with Gasteiger partial charge in [0.1, 0.15) is 6.04 Å². The van der Waals surface area contributed by atoms with Crippen LogP contribution in [0.25, 0.3) is 0 Å². The number of carbonyl (C=O) groups is 1. The predicted molar refractivity (Wildman–Crippen MR) is 66.1 cm³/mol. The molecule has 0 radical (unpaired) electrons.